The van der Waals surface area contributed by atoms with E-state index in [1.54, 1.807) is 0 Å². The van der Waals surface area contributed by atoms with E-state index in [1.807, 2.05) is 0 Å². The van der Waals surface area contributed by atoms with Crippen molar-refractivity contribution >= 4 is 38.2 Å². The molecule has 0 radical (unpaired) electrons. The van der Waals surface area contributed by atoms with Gasteiger partial charge in [0.1, 0.15) is 5.60 Å². The van der Waals surface area contributed by atoms with Crippen molar-refractivity contribution in [2.45, 2.75) is 19.4 Å². The Labute approximate surface area is 216 Å². The van der Waals surface area contributed by atoms with E-state index in [4.69, 9.17) is 9.73 Å². The highest BCUT2D eigenvalue weighted by Crippen LogP contribution is 2.44. The number of rotatable bonds is 3. The fourth-order valence-electron chi connectivity index (χ4n) is 5.64. The molecule has 0 atom stereocenters. The summed E-state index contributed by atoms with van der Waals surface area (Å²) in [6, 6.07) is 41.6. The van der Waals surface area contributed by atoms with Gasteiger partial charge in [0.25, 0.3) is 0 Å². The molecule has 1 aliphatic rings. The number of hydrogen-bond donors (Lipinski definition) is 0. The lowest BCUT2D eigenvalue weighted by Gasteiger charge is -2.19. The maximum atomic E-state index is 6.16. The van der Waals surface area contributed by atoms with Gasteiger partial charge in [0.2, 0.25) is 5.90 Å². The maximum absolute atomic E-state index is 6.16. The SMILES string of the molecule is CC1(C)CN=C(c2cccc(-c3c4ccccc4c(-c4ccc5ccccc5c4)c4ccccc34)c2)O1. The molecule has 0 aliphatic carbocycles. The number of aliphatic imine (C=N–C) groups is 1. The number of benzene rings is 6. The van der Waals surface area contributed by atoms with Crippen molar-refractivity contribution in [2.75, 3.05) is 6.54 Å². The molecule has 6 aromatic rings. The number of ether oxygens (including phenoxy) is 1. The predicted octanol–water partition coefficient (Wildman–Crippen LogP) is 9.04. The van der Waals surface area contributed by atoms with E-state index in [2.05, 4.69) is 129 Å². The summed E-state index contributed by atoms with van der Waals surface area (Å²) >= 11 is 0. The molecule has 0 unspecified atom stereocenters. The molecule has 0 fully saturated rings. The fraction of sp³-hybridized carbons (Fsp3) is 0.114. The molecule has 2 heteroatoms. The molecule has 6 aromatic carbocycles. The van der Waals surface area contributed by atoms with Gasteiger partial charge < -0.3 is 4.74 Å². The summed E-state index contributed by atoms with van der Waals surface area (Å²) in [5.74, 6) is 0.730. The normalized spacial score (nSPS) is 14.7. The second-order valence-corrected chi connectivity index (χ2v) is 10.5. The van der Waals surface area contributed by atoms with Gasteiger partial charge in [-0.05, 0) is 86.6 Å². The largest absolute Gasteiger partial charge is 0.469 e. The lowest BCUT2D eigenvalue weighted by Crippen LogP contribution is -2.24. The highest BCUT2D eigenvalue weighted by Gasteiger charge is 2.28. The van der Waals surface area contributed by atoms with Crippen LogP contribution in [0, 0.1) is 0 Å². The third-order valence-corrected chi connectivity index (χ3v) is 7.34. The first-order valence-electron chi connectivity index (χ1n) is 12.8. The minimum absolute atomic E-state index is 0.258. The van der Waals surface area contributed by atoms with Crippen LogP contribution in [-0.4, -0.2) is 18.0 Å². The van der Waals surface area contributed by atoms with E-state index in [-0.39, 0.29) is 5.60 Å². The van der Waals surface area contributed by atoms with Crippen LogP contribution in [0.3, 0.4) is 0 Å². The average molecular weight is 478 g/mol. The van der Waals surface area contributed by atoms with Crippen LogP contribution in [0.15, 0.2) is 120 Å². The minimum Gasteiger partial charge on any atom is -0.469 e. The van der Waals surface area contributed by atoms with Gasteiger partial charge in [0, 0.05) is 5.56 Å². The van der Waals surface area contributed by atoms with E-state index in [1.165, 1.54) is 54.6 Å². The standard InChI is InChI=1S/C35H27NO/c1-35(2)22-36-34(37-35)27-13-9-12-25(21-27)32-28-14-5-7-16-30(28)33(31-17-8-6-15-29(31)32)26-19-18-23-10-3-4-11-24(23)20-26/h3-21H,22H2,1-2H3. The van der Waals surface area contributed by atoms with Crippen molar-refractivity contribution in [2.24, 2.45) is 4.99 Å². The summed E-state index contributed by atoms with van der Waals surface area (Å²) in [5, 5.41) is 7.52. The van der Waals surface area contributed by atoms with E-state index in [0.717, 1.165) is 11.5 Å². The van der Waals surface area contributed by atoms with Gasteiger partial charge in [0.05, 0.1) is 6.54 Å². The molecular weight excluding hydrogens is 450 g/mol. The Morgan fingerprint density at radius 3 is 1.68 bits per heavy atom. The third kappa shape index (κ3) is 3.68. The van der Waals surface area contributed by atoms with Crippen LogP contribution in [-0.2, 0) is 4.74 Å². The van der Waals surface area contributed by atoms with Gasteiger partial charge in [-0.1, -0.05) is 97.1 Å². The zero-order chi connectivity index (χ0) is 25.0. The molecule has 2 nitrogen and oxygen atoms in total. The third-order valence-electron chi connectivity index (χ3n) is 7.34. The summed E-state index contributed by atoms with van der Waals surface area (Å²) in [4.78, 5) is 4.69. The maximum Gasteiger partial charge on any atom is 0.216 e. The van der Waals surface area contributed by atoms with Gasteiger partial charge in [-0.2, -0.15) is 0 Å². The first-order chi connectivity index (χ1) is 18.1. The Kier molecular flexibility index (Phi) is 4.90. The lowest BCUT2D eigenvalue weighted by molar-refractivity contribution is 0.131. The van der Waals surface area contributed by atoms with Crippen molar-refractivity contribution in [3.8, 4) is 22.3 Å². The van der Waals surface area contributed by atoms with E-state index in [0.29, 0.717) is 6.54 Å². The summed E-state index contributed by atoms with van der Waals surface area (Å²) in [7, 11) is 0. The van der Waals surface area contributed by atoms with Crippen LogP contribution in [0.1, 0.15) is 19.4 Å². The summed E-state index contributed by atoms with van der Waals surface area (Å²) < 4.78 is 6.16. The number of fused-ring (bicyclic) bond motifs is 3. The zero-order valence-corrected chi connectivity index (χ0v) is 21.0. The van der Waals surface area contributed by atoms with Gasteiger partial charge in [-0.25, -0.2) is 4.99 Å². The molecule has 0 bridgehead atoms. The molecule has 7 rings (SSSR count). The highest BCUT2D eigenvalue weighted by atomic mass is 16.5. The van der Waals surface area contributed by atoms with Gasteiger partial charge >= 0.3 is 0 Å². The van der Waals surface area contributed by atoms with Crippen LogP contribution >= 0.6 is 0 Å². The van der Waals surface area contributed by atoms with Crippen LogP contribution in [0.4, 0.5) is 0 Å². The van der Waals surface area contributed by atoms with Crippen molar-refractivity contribution in [1.82, 2.24) is 0 Å². The second-order valence-electron chi connectivity index (χ2n) is 10.5. The predicted molar refractivity (Wildman–Crippen MR) is 156 cm³/mol. The van der Waals surface area contributed by atoms with Crippen LogP contribution in [0.2, 0.25) is 0 Å². The Bertz CT molecular complexity index is 1800. The molecule has 0 saturated carbocycles. The Morgan fingerprint density at radius 2 is 1.08 bits per heavy atom. The molecular formula is C35H27NO. The van der Waals surface area contributed by atoms with Crippen molar-refractivity contribution in [3.63, 3.8) is 0 Å². The molecule has 178 valence electrons. The average Bonchev–Trinajstić information content (AvgIpc) is 3.31. The Balaban J connectivity index is 1.51. The molecule has 1 aliphatic heterocycles. The monoisotopic (exact) mass is 477 g/mol. The molecule has 0 spiro atoms. The lowest BCUT2D eigenvalue weighted by atomic mass is 9.85. The zero-order valence-electron chi connectivity index (χ0n) is 21.0. The topological polar surface area (TPSA) is 21.6 Å². The van der Waals surface area contributed by atoms with Crippen LogP contribution in [0.5, 0.6) is 0 Å². The van der Waals surface area contributed by atoms with Crippen molar-refractivity contribution in [1.29, 1.82) is 0 Å². The molecule has 1 heterocycles. The molecule has 37 heavy (non-hydrogen) atoms. The number of hydrogen-bond acceptors (Lipinski definition) is 2. The van der Waals surface area contributed by atoms with Crippen LogP contribution < -0.4 is 0 Å². The van der Waals surface area contributed by atoms with Gasteiger partial charge in [-0.3, -0.25) is 0 Å². The molecule has 0 amide bonds. The van der Waals surface area contributed by atoms with Crippen LogP contribution in [0.25, 0.3) is 54.6 Å². The van der Waals surface area contributed by atoms with E-state index < -0.39 is 0 Å². The summed E-state index contributed by atoms with van der Waals surface area (Å²) in [6.45, 7) is 4.85. The quantitative estimate of drug-likeness (QED) is 0.233. The smallest absolute Gasteiger partial charge is 0.216 e. The first-order valence-corrected chi connectivity index (χ1v) is 12.8. The van der Waals surface area contributed by atoms with Gasteiger partial charge in [0.15, 0.2) is 0 Å². The summed E-state index contributed by atoms with van der Waals surface area (Å²) in [6.07, 6.45) is 0. The Hall–Kier alpha value is -4.43. The fourth-order valence-corrected chi connectivity index (χ4v) is 5.64. The first kappa shape index (κ1) is 21.8. The van der Waals surface area contributed by atoms with E-state index >= 15 is 0 Å². The van der Waals surface area contributed by atoms with Crippen molar-refractivity contribution in [3.05, 3.63) is 121 Å². The number of nitrogens with zero attached hydrogens (tertiary/aromatic N) is 1. The van der Waals surface area contributed by atoms with E-state index in [9.17, 15) is 0 Å². The van der Waals surface area contributed by atoms with Gasteiger partial charge in [-0.15, -0.1) is 0 Å². The molecule has 0 aromatic heterocycles. The highest BCUT2D eigenvalue weighted by molar-refractivity contribution is 6.21. The molecule has 0 saturated heterocycles. The minimum atomic E-state index is -0.258. The molecule has 0 N–H and O–H groups in total. The second kappa shape index (κ2) is 8.31. The summed E-state index contributed by atoms with van der Waals surface area (Å²) in [5.41, 5.74) is 5.70. The van der Waals surface area contributed by atoms with Crippen molar-refractivity contribution < 1.29 is 4.74 Å². The Morgan fingerprint density at radius 1 is 0.541 bits per heavy atom.